The summed E-state index contributed by atoms with van der Waals surface area (Å²) in [7, 11) is 0. The fraction of sp³-hybridized carbons (Fsp3) is 0.0714. The third kappa shape index (κ3) is 3.45. The van der Waals surface area contributed by atoms with Gasteiger partial charge in [-0.25, -0.2) is 4.39 Å². The molecule has 0 spiro atoms. The van der Waals surface area contributed by atoms with Crippen LogP contribution < -0.4 is 10.6 Å². The molecule has 0 bridgehead atoms. The van der Waals surface area contributed by atoms with Gasteiger partial charge in [0.15, 0.2) is 0 Å². The van der Waals surface area contributed by atoms with Gasteiger partial charge < -0.3 is 10.6 Å². The Labute approximate surface area is 115 Å². The Morgan fingerprint density at radius 1 is 1.26 bits per heavy atom. The lowest BCUT2D eigenvalue weighted by Crippen LogP contribution is -2.01. The average molecular weight is 279 g/mol. The van der Waals surface area contributed by atoms with Gasteiger partial charge >= 0.3 is 0 Å². The van der Waals surface area contributed by atoms with E-state index < -0.39 is 0 Å². The highest BCUT2D eigenvalue weighted by molar-refractivity contribution is 6.30. The molecular weight excluding hydrogens is 267 g/mol. The smallest absolute Gasteiger partial charge is 0.129 e. The first-order valence-electron chi connectivity index (χ1n) is 5.59. The maximum Gasteiger partial charge on any atom is 0.129 e. The first-order valence-corrected chi connectivity index (χ1v) is 5.97. The van der Waals surface area contributed by atoms with E-state index in [2.05, 4.69) is 5.10 Å². The Kier molecular flexibility index (Phi) is 4.36. The standard InChI is InChI=1S/C14H12ClFN2O/c15-12-5-6-14(11(7-12)8-18-17)19-9-10-3-1-2-4-13(10)16/h1-8H,9,17H2. The molecule has 5 heteroatoms. The summed E-state index contributed by atoms with van der Waals surface area (Å²) >= 11 is 5.88. The maximum absolute atomic E-state index is 13.5. The number of hydrogen-bond acceptors (Lipinski definition) is 3. The van der Waals surface area contributed by atoms with Crippen molar-refractivity contribution in [1.29, 1.82) is 0 Å². The van der Waals surface area contributed by atoms with Crippen LogP contribution in [0.15, 0.2) is 47.6 Å². The van der Waals surface area contributed by atoms with Crippen molar-refractivity contribution in [3.05, 3.63) is 64.4 Å². The third-order valence-corrected chi connectivity index (χ3v) is 2.76. The van der Waals surface area contributed by atoms with E-state index in [1.54, 1.807) is 36.4 Å². The maximum atomic E-state index is 13.5. The quantitative estimate of drug-likeness (QED) is 0.530. The van der Waals surface area contributed by atoms with Crippen molar-refractivity contribution in [3.8, 4) is 5.75 Å². The molecule has 2 aromatic carbocycles. The zero-order valence-corrected chi connectivity index (χ0v) is 10.8. The van der Waals surface area contributed by atoms with Crippen molar-refractivity contribution in [1.82, 2.24) is 0 Å². The van der Waals surface area contributed by atoms with Crippen molar-refractivity contribution in [2.24, 2.45) is 10.9 Å². The number of nitrogens with two attached hydrogens (primary N) is 1. The van der Waals surface area contributed by atoms with Crippen molar-refractivity contribution < 1.29 is 9.13 Å². The van der Waals surface area contributed by atoms with Crippen LogP contribution in [0.5, 0.6) is 5.75 Å². The van der Waals surface area contributed by atoms with Gasteiger partial charge in [0.2, 0.25) is 0 Å². The number of benzene rings is 2. The second-order valence-electron chi connectivity index (χ2n) is 3.84. The lowest BCUT2D eigenvalue weighted by Gasteiger charge is -2.10. The molecule has 19 heavy (non-hydrogen) atoms. The van der Waals surface area contributed by atoms with Crippen LogP contribution >= 0.6 is 11.6 Å². The second kappa shape index (κ2) is 6.20. The Morgan fingerprint density at radius 3 is 2.79 bits per heavy atom. The zero-order chi connectivity index (χ0) is 13.7. The van der Waals surface area contributed by atoms with E-state index in [9.17, 15) is 4.39 Å². The van der Waals surface area contributed by atoms with Crippen molar-refractivity contribution in [2.75, 3.05) is 0 Å². The molecule has 0 fully saturated rings. The Bertz CT molecular complexity index is 602. The van der Waals surface area contributed by atoms with E-state index in [4.69, 9.17) is 22.2 Å². The summed E-state index contributed by atoms with van der Waals surface area (Å²) in [6, 6.07) is 11.5. The monoisotopic (exact) mass is 278 g/mol. The molecule has 2 rings (SSSR count). The summed E-state index contributed by atoms with van der Waals surface area (Å²) in [6.07, 6.45) is 1.43. The van der Waals surface area contributed by atoms with Crippen LogP contribution in [-0.2, 0) is 6.61 Å². The number of nitrogens with zero attached hydrogens (tertiary/aromatic N) is 1. The summed E-state index contributed by atoms with van der Waals surface area (Å²) in [5.41, 5.74) is 1.12. The normalized spacial score (nSPS) is 10.8. The van der Waals surface area contributed by atoms with Crippen molar-refractivity contribution in [2.45, 2.75) is 6.61 Å². The van der Waals surface area contributed by atoms with Gasteiger partial charge in [-0.05, 0) is 24.3 Å². The van der Waals surface area contributed by atoms with Gasteiger partial charge in [0.1, 0.15) is 18.2 Å². The summed E-state index contributed by atoms with van der Waals surface area (Å²) in [6.45, 7) is 0.125. The Morgan fingerprint density at radius 2 is 2.05 bits per heavy atom. The van der Waals surface area contributed by atoms with E-state index in [0.29, 0.717) is 21.9 Å². The first-order chi connectivity index (χ1) is 9.20. The molecule has 0 aliphatic rings. The van der Waals surface area contributed by atoms with E-state index in [0.717, 1.165) is 0 Å². The van der Waals surface area contributed by atoms with E-state index >= 15 is 0 Å². The first kappa shape index (κ1) is 13.4. The van der Waals surface area contributed by atoms with Crippen LogP contribution in [0.2, 0.25) is 5.02 Å². The predicted octanol–water partition coefficient (Wildman–Crippen LogP) is 3.35. The van der Waals surface area contributed by atoms with Crippen molar-refractivity contribution >= 4 is 17.8 Å². The third-order valence-electron chi connectivity index (χ3n) is 2.53. The topological polar surface area (TPSA) is 47.6 Å². The molecule has 0 heterocycles. The lowest BCUT2D eigenvalue weighted by molar-refractivity contribution is 0.299. The van der Waals surface area contributed by atoms with Crippen LogP contribution in [0, 0.1) is 5.82 Å². The van der Waals surface area contributed by atoms with E-state index in [1.807, 2.05) is 0 Å². The molecule has 0 aliphatic heterocycles. The molecule has 0 radical (unpaired) electrons. The lowest BCUT2D eigenvalue weighted by atomic mass is 10.2. The van der Waals surface area contributed by atoms with Gasteiger partial charge in [-0.3, -0.25) is 0 Å². The van der Waals surface area contributed by atoms with Gasteiger partial charge in [-0.15, -0.1) is 0 Å². The average Bonchev–Trinajstić information content (AvgIpc) is 2.40. The molecule has 3 nitrogen and oxygen atoms in total. The largest absolute Gasteiger partial charge is 0.488 e. The fourth-order valence-electron chi connectivity index (χ4n) is 1.60. The van der Waals surface area contributed by atoms with Gasteiger partial charge in [0.25, 0.3) is 0 Å². The minimum Gasteiger partial charge on any atom is -0.488 e. The molecule has 0 amide bonds. The summed E-state index contributed by atoms with van der Waals surface area (Å²) < 4.78 is 19.0. The summed E-state index contributed by atoms with van der Waals surface area (Å²) in [5.74, 6) is 5.36. The van der Waals surface area contributed by atoms with Gasteiger partial charge in [0, 0.05) is 16.1 Å². The minimum absolute atomic E-state index is 0.125. The van der Waals surface area contributed by atoms with Gasteiger partial charge in [-0.1, -0.05) is 29.8 Å². The highest BCUT2D eigenvalue weighted by Crippen LogP contribution is 2.22. The minimum atomic E-state index is -0.300. The second-order valence-corrected chi connectivity index (χ2v) is 4.28. The molecule has 0 saturated carbocycles. The van der Waals surface area contributed by atoms with Crippen LogP contribution in [0.25, 0.3) is 0 Å². The van der Waals surface area contributed by atoms with E-state index in [-0.39, 0.29) is 12.4 Å². The molecule has 0 unspecified atom stereocenters. The Balaban J connectivity index is 2.18. The van der Waals surface area contributed by atoms with E-state index in [1.165, 1.54) is 12.3 Å². The SMILES string of the molecule is NN=Cc1cc(Cl)ccc1OCc1ccccc1F. The number of hydrogen-bond donors (Lipinski definition) is 1. The number of ether oxygens (including phenoxy) is 1. The molecule has 98 valence electrons. The fourth-order valence-corrected chi connectivity index (χ4v) is 1.78. The highest BCUT2D eigenvalue weighted by Gasteiger charge is 2.05. The van der Waals surface area contributed by atoms with Crippen LogP contribution in [0.3, 0.4) is 0 Å². The Hall–Kier alpha value is -2.07. The number of hydrazone groups is 1. The highest BCUT2D eigenvalue weighted by atomic mass is 35.5. The summed E-state index contributed by atoms with van der Waals surface area (Å²) in [4.78, 5) is 0. The van der Waals surface area contributed by atoms with Gasteiger partial charge in [0.05, 0.1) is 6.21 Å². The molecule has 0 aliphatic carbocycles. The number of rotatable bonds is 4. The zero-order valence-electron chi connectivity index (χ0n) is 10.0. The van der Waals surface area contributed by atoms with Crippen molar-refractivity contribution in [3.63, 3.8) is 0 Å². The molecule has 2 aromatic rings. The van der Waals surface area contributed by atoms with Gasteiger partial charge in [-0.2, -0.15) is 5.10 Å². The van der Waals surface area contributed by atoms with Crippen LogP contribution in [0.4, 0.5) is 4.39 Å². The predicted molar refractivity (Wildman–Crippen MR) is 74.0 cm³/mol. The number of halogens is 2. The van der Waals surface area contributed by atoms with Crippen LogP contribution in [-0.4, -0.2) is 6.21 Å². The van der Waals surface area contributed by atoms with Crippen LogP contribution in [0.1, 0.15) is 11.1 Å². The summed E-state index contributed by atoms with van der Waals surface area (Å²) in [5, 5.41) is 3.99. The molecule has 0 saturated heterocycles. The molecule has 0 aromatic heterocycles. The molecule has 2 N–H and O–H groups in total. The molecular formula is C14H12ClFN2O. The molecule has 0 atom stereocenters.